The number of benzene rings is 2. The highest BCUT2D eigenvalue weighted by atomic mass is 32.2. The van der Waals surface area contributed by atoms with Gasteiger partial charge in [0.15, 0.2) is 0 Å². The van der Waals surface area contributed by atoms with Gasteiger partial charge in [-0.1, -0.05) is 31.4 Å². The van der Waals surface area contributed by atoms with Crippen LogP contribution in [0.3, 0.4) is 0 Å². The zero-order chi connectivity index (χ0) is 23.6. The second-order valence-electron chi connectivity index (χ2n) is 9.22. The van der Waals surface area contributed by atoms with Crippen LogP contribution in [-0.2, 0) is 10.0 Å². The Hall–Kier alpha value is -2.58. The first-order valence-corrected chi connectivity index (χ1v) is 13.2. The quantitative estimate of drug-likeness (QED) is 0.654. The summed E-state index contributed by atoms with van der Waals surface area (Å²) in [5, 5.41) is 9.81. The monoisotopic (exact) mass is 471 g/mol. The summed E-state index contributed by atoms with van der Waals surface area (Å²) in [6.45, 7) is 7.15. The van der Waals surface area contributed by atoms with Gasteiger partial charge in [-0.15, -0.1) is 0 Å². The van der Waals surface area contributed by atoms with Crippen LogP contribution in [0.1, 0.15) is 53.6 Å². The zero-order valence-corrected chi connectivity index (χ0v) is 20.2. The van der Waals surface area contributed by atoms with E-state index in [1.807, 2.05) is 19.1 Å². The Labute approximate surface area is 196 Å². The molecule has 4 rings (SSSR count). The third-order valence-electron chi connectivity index (χ3n) is 6.88. The first-order chi connectivity index (χ1) is 15.7. The smallest absolute Gasteiger partial charge is 0.337 e. The second-order valence-corrected chi connectivity index (χ2v) is 10.9. The number of piperazine rings is 1. The van der Waals surface area contributed by atoms with Gasteiger partial charge in [0, 0.05) is 37.9 Å². The molecule has 1 saturated carbocycles. The lowest BCUT2D eigenvalue weighted by atomic mass is 9.94. The van der Waals surface area contributed by atoms with Crippen molar-refractivity contribution in [1.29, 1.82) is 0 Å². The number of carboxylic acid groups (broad SMARTS) is 1. The fourth-order valence-corrected chi connectivity index (χ4v) is 6.39. The van der Waals surface area contributed by atoms with E-state index in [2.05, 4.69) is 14.5 Å². The lowest BCUT2D eigenvalue weighted by Gasteiger charge is -2.41. The van der Waals surface area contributed by atoms with Crippen LogP contribution in [0.4, 0.5) is 11.4 Å². The van der Waals surface area contributed by atoms with Gasteiger partial charge in [-0.25, -0.2) is 13.2 Å². The molecule has 2 fully saturated rings. The van der Waals surface area contributed by atoms with Gasteiger partial charge in [-0.05, 0) is 62.1 Å². The molecule has 8 heteroatoms. The van der Waals surface area contributed by atoms with Gasteiger partial charge in [0.2, 0.25) is 0 Å². The summed E-state index contributed by atoms with van der Waals surface area (Å²) in [5.74, 6) is -1.16. The van der Waals surface area contributed by atoms with Crippen LogP contribution in [0, 0.1) is 13.8 Å². The molecule has 0 amide bonds. The Morgan fingerprint density at radius 2 is 1.67 bits per heavy atom. The number of carbonyl (C=O) groups is 1. The van der Waals surface area contributed by atoms with Crippen LogP contribution in [-0.4, -0.2) is 56.6 Å². The molecule has 33 heavy (non-hydrogen) atoms. The van der Waals surface area contributed by atoms with Gasteiger partial charge >= 0.3 is 5.97 Å². The van der Waals surface area contributed by atoms with E-state index in [9.17, 15) is 18.3 Å². The number of aryl methyl sites for hydroxylation is 2. The molecule has 0 atom stereocenters. The normalized spacial score (nSPS) is 18.3. The topological polar surface area (TPSA) is 90.0 Å². The Bertz CT molecular complexity index is 1120. The van der Waals surface area contributed by atoms with Crippen molar-refractivity contribution in [3.8, 4) is 0 Å². The van der Waals surface area contributed by atoms with Crippen molar-refractivity contribution in [3.05, 3.63) is 53.1 Å². The number of nitrogens with one attached hydrogen (secondary N) is 1. The molecule has 0 bridgehead atoms. The number of aromatic carboxylic acids is 1. The van der Waals surface area contributed by atoms with Crippen molar-refractivity contribution in [3.63, 3.8) is 0 Å². The molecule has 0 unspecified atom stereocenters. The fourth-order valence-electron chi connectivity index (χ4n) is 4.98. The van der Waals surface area contributed by atoms with Crippen molar-refractivity contribution < 1.29 is 18.3 Å². The molecule has 7 nitrogen and oxygen atoms in total. The fraction of sp³-hybridized carbons (Fsp3) is 0.480. The number of anilines is 2. The van der Waals surface area contributed by atoms with Crippen LogP contribution in [0.2, 0.25) is 0 Å². The Morgan fingerprint density at radius 1 is 0.970 bits per heavy atom. The van der Waals surface area contributed by atoms with E-state index in [0.29, 0.717) is 11.6 Å². The largest absolute Gasteiger partial charge is 0.478 e. The summed E-state index contributed by atoms with van der Waals surface area (Å²) in [7, 11) is -3.91. The Kier molecular flexibility index (Phi) is 6.95. The predicted octanol–water partition coefficient (Wildman–Crippen LogP) is 4.26. The summed E-state index contributed by atoms with van der Waals surface area (Å²) < 4.78 is 28.5. The van der Waals surface area contributed by atoms with Gasteiger partial charge < -0.3 is 10.0 Å². The molecule has 1 aliphatic heterocycles. The molecule has 2 aromatic carbocycles. The van der Waals surface area contributed by atoms with Gasteiger partial charge in [0.1, 0.15) is 0 Å². The lowest BCUT2D eigenvalue weighted by Crippen LogP contribution is -2.50. The van der Waals surface area contributed by atoms with E-state index in [4.69, 9.17) is 0 Å². The maximum absolute atomic E-state index is 13.0. The summed E-state index contributed by atoms with van der Waals surface area (Å²) in [6, 6.07) is 10.8. The molecule has 1 heterocycles. The maximum Gasteiger partial charge on any atom is 0.337 e. The van der Waals surface area contributed by atoms with Gasteiger partial charge in [-0.2, -0.15) is 0 Å². The number of nitrogens with zero attached hydrogens (tertiary/aromatic N) is 2. The van der Waals surface area contributed by atoms with Crippen LogP contribution < -0.4 is 9.62 Å². The molecular weight excluding hydrogens is 438 g/mol. The first-order valence-electron chi connectivity index (χ1n) is 11.7. The number of carboxylic acids is 1. The van der Waals surface area contributed by atoms with Crippen molar-refractivity contribution in [1.82, 2.24) is 4.90 Å². The molecule has 0 aromatic heterocycles. The number of hydrogen-bond donors (Lipinski definition) is 2. The zero-order valence-electron chi connectivity index (χ0n) is 19.4. The van der Waals surface area contributed by atoms with Crippen molar-refractivity contribution in [2.24, 2.45) is 0 Å². The number of hydrogen-bond acceptors (Lipinski definition) is 5. The summed E-state index contributed by atoms with van der Waals surface area (Å²) in [6.07, 6.45) is 6.52. The first kappa shape index (κ1) is 23.6. The molecule has 0 spiro atoms. The van der Waals surface area contributed by atoms with Crippen molar-refractivity contribution in [2.75, 3.05) is 35.8 Å². The standard InChI is InChI=1S/C25H33N3O4S/c1-18-8-9-19(2)24(16-18)33(31,32)26-23-11-10-21(17-22(23)25(29)30)28-14-12-27(13-15-28)20-6-4-3-5-7-20/h8-11,16-17,20,26H,3-7,12-15H2,1-2H3,(H,29,30). The van der Waals surface area contributed by atoms with Crippen LogP contribution in [0.25, 0.3) is 0 Å². The minimum Gasteiger partial charge on any atom is -0.478 e. The van der Waals surface area contributed by atoms with E-state index >= 15 is 0 Å². The average Bonchev–Trinajstić information content (AvgIpc) is 2.81. The van der Waals surface area contributed by atoms with Crippen LogP contribution in [0.5, 0.6) is 0 Å². The summed E-state index contributed by atoms with van der Waals surface area (Å²) in [5.41, 5.74) is 2.27. The van der Waals surface area contributed by atoms with Gasteiger partial charge in [0.05, 0.1) is 16.1 Å². The van der Waals surface area contributed by atoms with E-state index in [1.54, 1.807) is 31.2 Å². The molecule has 1 aliphatic carbocycles. The molecule has 178 valence electrons. The van der Waals surface area contributed by atoms with Crippen molar-refractivity contribution in [2.45, 2.75) is 56.9 Å². The van der Waals surface area contributed by atoms with Crippen LogP contribution >= 0.6 is 0 Å². The Balaban J connectivity index is 1.51. The van der Waals surface area contributed by atoms with E-state index in [1.165, 1.54) is 32.1 Å². The highest BCUT2D eigenvalue weighted by Gasteiger charge is 2.26. The summed E-state index contributed by atoms with van der Waals surface area (Å²) >= 11 is 0. The second kappa shape index (κ2) is 9.73. The molecule has 2 aliphatic rings. The van der Waals surface area contributed by atoms with Crippen LogP contribution in [0.15, 0.2) is 41.3 Å². The minimum absolute atomic E-state index is 0.0453. The maximum atomic E-state index is 13.0. The minimum atomic E-state index is -3.91. The third-order valence-corrected chi connectivity index (χ3v) is 8.39. The van der Waals surface area contributed by atoms with E-state index in [-0.39, 0.29) is 16.1 Å². The van der Waals surface area contributed by atoms with E-state index < -0.39 is 16.0 Å². The third kappa shape index (κ3) is 5.33. The predicted molar refractivity (Wildman–Crippen MR) is 131 cm³/mol. The summed E-state index contributed by atoms with van der Waals surface area (Å²) in [4.78, 5) is 16.9. The number of rotatable bonds is 6. The Morgan fingerprint density at radius 3 is 2.33 bits per heavy atom. The SMILES string of the molecule is Cc1ccc(C)c(S(=O)(=O)Nc2ccc(N3CCN(C4CCCCC4)CC3)cc2C(=O)O)c1. The van der Waals surface area contributed by atoms with Gasteiger partial charge in [0.25, 0.3) is 10.0 Å². The van der Waals surface area contributed by atoms with E-state index in [0.717, 1.165) is 37.4 Å². The molecule has 0 radical (unpaired) electrons. The highest BCUT2D eigenvalue weighted by Crippen LogP contribution is 2.29. The lowest BCUT2D eigenvalue weighted by molar-refractivity contribution is 0.0698. The van der Waals surface area contributed by atoms with Gasteiger partial charge in [-0.3, -0.25) is 9.62 Å². The molecule has 2 N–H and O–H groups in total. The molecule has 1 saturated heterocycles. The van der Waals surface area contributed by atoms with Crippen molar-refractivity contribution >= 4 is 27.4 Å². The molecular formula is C25H33N3O4S. The molecule has 2 aromatic rings. The number of sulfonamides is 1. The average molecular weight is 472 g/mol. The highest BCUT2D eigenvalue weighted by molar-refractivity contribution is 7.92.